The topological polar surface area (TPSA) is 9.23 Å². The van der Waals surface area contributed by atoms with Gasteiger partial charge in [-0.15, -0.1) is 4.55 Å². The molecule has 0 aromatic rings. The lowest BCUT2D eigenvalue weighted by molar-refractivity contribution is 0.198. The van der Waals surface area contributed by atoms with Crippen molar-refractivity contribution in [2.75, 3.05) is 13.2 Å². The molecule has 68 valence electrons. The van der Waals surface area contributed by atoms with Gasteiger partial charge in [-0.3, -0.25) is 0 Å². The number of hydrogen-bond acceptors (Lipinski definition) is 1. The van der Waals surface area contributed by atoms with Gasteiger partial charge in [-0.1, -0.05) is 19.8 Å². The van der Waals surface area contributed by atoms with Crippen molar-refractivity contribution in [2.24, 2.45) is 0 Å². The third-order valence-electron chi connectivity index (χ3n) is 1.56. The highest BCUT2D eigenvalue weighted by Gasteiger charge is 1.94. The molecule has 0 aromatic heterocycles. The molecule has 4 heteroatoms. The van der Waals surface area contributed by atoms with E-state index in [0.717, 1.165) is 13.2 Å². The van der Waals surface area contributed by atoms with Crippen molar-refractivity contribution in [2.45, 2.75) is 37.2 Å². The second-order valence-corrected chi connectivity index (χ2v) is 4.93. The molecule has 0 spiro atoms. The number of halogens is 1. The van der Waals surface area contributed by atoms with Gasteiger partial charge in [0, 0.05) is 13.2 Å². The molecule has 0 bridgehead atoms. The van der Waals surface area contributed by atoms with Crippen molar-refractivity contribution in [3.05, 3.63) is 0 Å². The van der Waals surface area contributed by atoms with Crippen LogP contribution in [0.1, 0.15) is 32.6 Å². The van der Waals surface area contributed by atoms with E-state index in [4.69, 9.17) is 13.8 Å². The second-order valence-electron chi connectivity index (χ2n) is 2.72. The SMILES string of the molecule is C1CCOC1.CCC[CH2][Mg][Cl].[MgH2]. The van der Waals surface area contributed by atoms with E-state index in [9.17, 15) is 0 Å². The molecule has 0 saturated carbocycles. The number of rotatable bonds is 3. The van der Waals surface area contributed by atoms with E-state index in [1.807, 2.05) is 0 Å². The maximum atomic E-state index is 5.52. The lowest BCUT2D eigenvalue weighted by Gasteiger charge is -1.82. The van der Waals surface area contributed by atoms with Crippen LogP contribution in [0.15, 0.2) is 0 Å². The third kappa shape index (κ3) is 14.3. The fourth-order valence-corrected chi connectivity index (χ4v) is 2.11. The molecule has 1 nitrogen and oxygen atoms in total. The average Bonchev–Trinajstić information content (AvgIpc) is 2.57. The highest BCUT2D eigenvalue weighted by atomic mass is 35.5. The predicted octanol–water partition coefficient (Wildman–Crippen LogP) is 1.94. The molecule has 0 amide bonds. The molecule has 0 unspecified atom stereocenters. The minimum Gasteiger partial charge on any atom is -0.381 e. The third-order valence-corrected chi connectivity index (χ3v) is 3.13. The average molecular weight is 215 g/mol. The number of ether oxygens (including phenoxy) is 1. The molecule has 12 heavy (non-hydrogen) atoms. The Morgan fingerprint density at radius 2 is 1.92 bits per heavy atom. The van der Waals surface area contributed by atoms with Crippen LogP contribution in [0.5, 0.6) is 0 Å². The molecule has 0 atom stereocenters. The van der Waals surface area contributed by atoms with Crippen molar-refractivity contribution >= 4 is 51.4 Å². The Balaban J connectivity index is 0. The lowest BCUT2D eigenvalue weighted by atomic mass is 10.4. The Labute approximate surface area is 106 Å². The molecule has 0 N–H and O–H groups in total. The van der Waals surface area contributed by atoms with Crippen LogP contribution in [-0.2, 0) is 4.74 Å². The summed E-state index contributed by atoms with van der Waals surface area (Å²) in [4.78, 5) is 0. The Kier molecular flexibility index (Phi) is 20.6. The van der Waals surface area contributed by atoms with Crippen LogP contribution in [0.3, 0.4) is 0 Å². The Morgan fingerprint density at radius 3 is 2.08 bits per heavy atom. The van der Waals surface area contributed by atoms with Crippen LogP contribution in [0.4, 0.5) is 0 Å². The van der Waals surface area contributed by atoms with Gasteiger partial charge in [0.25, 0.3) is 0 Å². The molecule has 1 fully saturated rings. The van der Waals surface area contributed by atoms with E-state index in [-0.39, 0.29) is 42.3 Å². The fourth-order valence-electron chi connectivity index (χ4n) is 0.855. The smallest absolute Gasteiger partial charge is 0.381 e. The summed E-state index contributed by atoms with van der Waals surface area (Å²) in [6.45, 7) is 4.20. The summed E-state index contributed by atoms with van der Waals surface area (Å²) >= 11 is -0.125. The first-order chi connectivity index (χ1) is 5.41. The fraction of sp³-hybridized carbons (Fsp3) is 1.00. The van der Waals surface area contributed by atoms with Gasteiger partial charge in [0.1, 0.15) is 0 Å². The minimum absolute atomic E-state index is 0. The zero-order valence-electron chi connectivity index (χ0n) is 7.44. The second kappa shape index (κ2) is 15.3. The van der Waals surface area contributed by atoms with Crippen molar-refractivity contribution in [1.82, 2.24) is 0 Å². The molecule has 1 aliphatic heterocycles. The molecule has 0 aliphatic carbocycles. The molecule has 1 rings (SSSR count). The van der Waals surface area contributed by atoms with E-state index in [1.165, 1.54) is 30.2 Å². The van der Waals surface area contributed by atoms with Crippen LogP contribution in [0.25, 0.3) is 0 Å². The minimum atomic E-state index is -0.125. The van der Waals surface area contributed by atoms with E-state index in [0.29, 0.717) is 0 Å². The molecular weight excluding hydrogens is 196 g/mol. The molecular formula is C8H19ClMg2O. The summed E-state index contributed by atoms with van der Waals surface area (Å²) in [5.41, 5.74) is 0. The zero-order chi connectivity index (χ0) is 8.36. The van der Waals surface area contributed by atoms with Crippen molar-refractivity contribution < 1.29 is 4.74 Å². The molecule has 0 aromatic carbocycles. The lowest BCUT2D eigenvalue weighted by Crippen LogP contribution is -1.74. The van der Waals surface area contributed by atoms with E-state index in [2.05, 4.69) is 6.92 Å². The van der Waals surface area contributed by atoms with Gasteiger partial charge in [0.05, 0.1) is 0 Å². The van der Waals surface area contributed by atoms with Gasteiger partial charge in [0.15, 0.2) is 0 Å². The highest BCUT2D eigenvalue weighted by molar-refractivity contribution is 6.93. The van der Waals surface area contributed by atoms with Crippen LogP contribution < -0.4 is 0 Å². The standard InChI is InChI=1S/C4H8O.C4H9.ClH.2Mg.2H/c1-2-4-5-3-1;1-3-4-2;;;;;/h1-4H2;1,3-4H2,2H3;1H;;;;/q;;;;+1;;/p-1. The molecule has 1 aliphatic rings. The van der Waals surface area contributed by atoms with Gasteiger partial charge >= 0.3 is 42.3 Å². The first-order valence-electron chi connectivity index (χ1n) is 4.55. The highest BCUT2D eigenvalue weighted by Crippen LogP contribution is 1.98. The van der Waals surface area contributed by atoms with Gasteiger partial charge in [-0.2, -0.15) is 0 Å². The van der Waals surface area contributed by atoms with Crippen molar-refractivity contribution in [3.8, 4) is 0 Å². The summed E-state index contributed by atoms with van der Waals surface area (Å²) in [5, 5.41) is 0. The van der Waals surface area contributed by atoms with Crippen LogP contribution in [0, 0.1) is 0 Å². The summed E-state index contributed by atoms with van der Waals surface area (Å²) in [5.74, 6) is 0. The number of unbranched alkanes of at least 4 members (excludes halogenated alkanes) is 1. The van der Waals surface area contributed by atoms with Crippen molar-refractivity contribution in [3.63, 3.8) is 0 Å². The maximum Gasteiger partial charge on any atom is 0.501 e. The largest absolute Gasteiger partial charge is 0.501 e. The van der Waals surface area contributed by atoms with Crippen molar-refractivity contribution in [1.29, 1.82) is 0 Å². The first-order valence-corrected chi connectivity index (χ1v) is 7.69. The summed E-state index contributed by atoms with van der Waals surface area (Å²) in [6, 6.07) is 0. The molecule has 1 saturated heterocycles. The molecule has 0 radical (unpaired) electrons. The van der Waals surface area contributed by atoms with E-state index >= 15 is 0 Å². The maximum absolute atomic E-state index is 5.52. The van der Waals surface area contributed by atoms with Gasteiger partial charge in [0.2, 0.25) is 0 Å². The van der Waals surface area contributed by atoms with E-state index < -0.39 is 0 Å². The van der Waals surface area contributed by atoms with Gasteiger partial charge in [-0.25, -0.2) is 0 Å². The van der Waals surface area contributed by atoms with Gasteiger partial charge in [-0.05, 0) is 12.8 Å². The number of hydrogen-bond donors (Lipinski definition) is 0. The van der Waals surface area contributed by atoms with Crippen LogP contribution in [0.2, 0.25) is 4.55 Å². The normalized spacial score (nSPS) is 13.8. The first kappa shape index (κ1) is 16.2. The Bertz CT molecular complexity index is 58.5. The predicted molar refractivity (Wildman–Crippen MR) is 59.9 cm³/mol. The Morgan fingerprint density at radius 1 is 1.33 bits per heavy atom. The van der Waals surface area contributed by atoms with E-state index in [1.54, 1.807) is 0 Å². The zero-order valence-corrected chi connectivity index (χ0v) is 9.61. The quantitative estimate of drug-likeness (QED) is 0.516. The van der Waals surface area contributed by atoms with Crippen LogP contribution >= 0.6 is 9.07 Å². The van der Waals surface area contributed by atoms with Crippen LogP contribution in [-0.4, -0.2) is 55.5 Å². The summed E-state index contributed by atoms with van der Waals surface area (Å²) in [6.07, 6.45) is 5.20. The Hall–Kier alpha value is 1.78. The molecule has 1 heterocycles. The van der Waals surface area contributed by atoms with Gasteiger partial charge < -0.3 is 13.8 Å². The summed E-state index contributed by atoms with van der Waals surface area (Å²) in [7, 11) is 5.52. The summed E-state index contributed by atoms with van der Waals surface area (Å²) < 4.78 is 6.26. The monoisotopic (exact) mass is 214 g/mol.